The van der Waals surface area contributed by atoms with Crippen LogP contribution in [0.2, 0.25) is 0 Å². The lowest BCUT2D eigenvalue weighted by Gasteiger charge is -2.46. The number of fused-ring (bicyclic) bond motifs is 2. The number of hydrogen-bond donors (Lipinski definition) is 3. The predicted octanol–water partition coefficient (Wildman–Crippen LogP) is 5.20. The number of H-pyrrole nitrogens is 2. The van der Waals surface area contributed by atoms with E-state index in [-0.39, 0.29) is 12.1 Å². The second kappa shape index (κ2) is 10.5. The Morgan fingerprint density at radius 3 is 1.74 bits per heavy atom. The first kappa shape index (κ1) is 25.0. The van der Waals surface area contributed by atoms with Gasteiger partial charge in [0.2, 0.25) is 0 Å². The molecule has 0 aliphatic carbocycles. The summed E-state index contributed by atoms with van der Waals surface area (Å²) in [5, 5.41) is 10.6. The molecule has 38 heavy (non-hydrogen) atoms. The molecule has 2 aliphatic rings. The highest BCUT2D eigenvalue weighted by Gasteiger charge is 2.39. The Morgan fingerprint density at radius 1 is 0.868 bits per heavy atom. The van der Waals surface area contributed by atoms with Crippen molar-refractivity contribution in [2.24, 2.45) is 0 Å². The zero-order valence-corrected chi connectivity index (χ0v) is 23.7. The molecule has 2 aliphatic heterocycles. The van der Waals surface area contributed by atoms with Crippen LogP contribution in [-0.2, 0) is 25.9 Å². The van der Waals surface area contributed by atoms with E-state index in [0.29, 0.717) is 39.0 Å². The Bertz CT molecular complexity index is 1330. The van der Waals surface area contributed by atoms with Crippen LogP contribution in [0.3, 0.4) is 0 Å². The van der Waals surface area contributed by atoms with Crippen molar-refractivity contribution < 1.29 is 9.90 Å². The first-order valence-electron chi connectivity index (χ1n) is 12.5. The van der Waals surface area contributed by atoms with E-state index in [1.165, 1.54) is 0 Å². The molecular formula is C27H27Br2N7O2. The van der Waals surface area contributed by atoms with Gasteiger partial charge in [0.15, 0.2) is 0 Å². The third-order valence-corrected chi connectivity index (χ3v) is 8.35. The lowest BCUT2D eigenvalue weighted by atomic mass is 9.92. The fourth-order valence-electron chi connectivity index (χ4n) is 5.82. The zero-order chi connectivity index (χ0) is 26.2. The number of carbonyl (C=O) groups is 1. The Kier molecular flexibility index (Phi) is 6.87. The van der Waals surface area contributed by atoms with Crippen LogP contribution in [-0.4, -0.2) is 61.2 Å². The van der Waals surface area contributed by atoms with Crippen LogP contribution in [0.25, 0.3) is 0 Å². The summed E-state index contributed by atoms with van der Waals surface area (Å²) in [6, 6.07) is 12.1. The van der Waals surface area contributed by atoms with Crippen LogP contribution in [0.1, 0.15) is 22.5 Å². The number of halogens is 2. The normalized spacial score (nSPS) is 18.7. The maximum absolute atomic E-state index is 12.9. The van der Waals surface area contributed by atoms with Crippen LogP contribution in [0.4, 0.5) is 16.2 Å². The molecule has 11 heteroatoms. The smallest absolute Gasteiger partial charge is 0.407 e. The molecule has 1 amide bonds. The topological polar surface area (TPSA) is 104 Å². The number of anilines is 2. The monoisotopic (exact) mass is 639 g/mol. The molecule has 0 bridgehead atoms. The summed E-state index contributed by atoms with van der Waals surface area (Å²) in [5.74, 6) is 0. The summed E-state index contributed by atoms with van der Waals surface area (Å²) in [6.45, 7) is 2.39. The first-order chi connectivity index (χ1) is 18.4. The van der Waals surface area contributed by atoms with Gasteiger partial charge in [0.05, 0.1) is 49.2 Å². The van der Waals surface area contributed by atoms with Crippen molar-refractivity contribution in [3.63, 3.8) is 0 Å². The number of hydrogen-bond acceptors (Lipinski definition) is 5. The number of aromatic amines is 2. The van der Waals surface area contributed by atoms with E-state index >= 15 is 0 Å². The third-order valence-electron chi connectivity index (χ3n) is 7.36. The molecule has 4 aromatic rings. The number of amides is 1. The molecule has 196 valence electrons. The predicted molar refractivity (Wildman–Crippen MR) is 152 cm³/mol. The van der Waals surface area contributed by atoms with Crippen molar-refractivity contribution in [1.29, 1.82) is 0 Å². The highest BCUT2D eigenvalue weighted by molar-refractivity contribution is 9.10. The highest BCUT2D eigenvalue weighted by Crippen LogP contribution is 2.36. The Balaban J connectivity index is 1.33. The van der Waals surface area contributed by atoms with Gasteiger partial charge in [-0.3, -0.25) is 4.90 Å². The van der Waals surface area contributed by atoms with E-state index in [0.717, 1.165) is 42.8 Å². The number of nitrogens with one attached hydrogen (secondary N) is 2. The molecule has 0 fully saturated rings. The lowest BCUT2D eigenvalue weighted by molar-refractivity contribution is 0.0968. The number of imidazole rings is 2. The largest absolute Gasteiger partial charge is 0.465 e. The Hall–Kier alpha value is -3.31. The van der Waals surface area contributed by atoms with Gasteiger partial charge in [-0.25, -0.2) is 14.8 Å². The first-order valence-corrected chi connectivity index (χ1v) is 14.1. The maximum atomic E-state index is 12.9. The van der Waals surface area contributed by atoms with Crippen LogP contribution in [0, 0.1) is 0 Å². The van der Waals surface area contributed by atoms with Crippen LogP contribution < -0.4 is 9.80 Å². The van der Waals surface area contributed by atoms with E-state index in [4.69, 9.17) is 0 Å². The van der Waals surface area contributed by atoms with Crippen molar-refractivity contribution >= 4 is 49.3 Å². The van der Waals surface area contributed by atoms with Gasteiger partial charge in [-0.2, -0.15) is 0 Å². The second-order valence-corrected chi connectivity index (χ2v) is 11.7. The molecule has 3 N–H and O–H groups in total. The highest BCUT2D eigenvalue weighted by atomic mass is 79.9. The molecule has 4 heterocycles. The minimum absolute atomic E-state index is 0.209. The van der Waals surface area contributed by atoms with Gasteiger partial charge in [-0.05, 0) is 60.4 Å². The second-order valence-electron chi connectivity index (χ2n) is 9.83. The average Bonchev–Trinajstić information content (AvgIpc) is 3.58. The molecule has 0 radical (unpaired) electrons. The van der Waals surface area contributed by atoms with Crippen molar-refractivity contribution in [2.45, 2.75) is 38.0 Å². The van der Waals surface area contributed by atoms with Gasteiger partial charge < -0.3 is 24.9 Å². The fourth-order valence-corrected chi connectivity index (χ4v) is 6.64. The summed E-state index contributed by atoms with van der Waals surface area (Å²) in [7, 11) is 0. The van der Waals surface area contributed by atoms with E-state index in [9.17, 15) is 9.90 Å². The molecule has 0 spiro atoms. The number of carboxylic acid groups (broad SMARTS) is 1. The molecule has 9 nitrogen and oxygen atoms in total. The van der Waals surface area contributed by atoms with E-state index in [1.54, 1.807) is 17.6 Å². The number of benzene rings is 2. The number of rotatable bonds is 6. The summed E-state index contributed by atoms with van der Waals surface area (Å²) >= 11 is 7.22. The minimum Gasteiger partial charge on any atom is -0.465 e. The third kappa shape index (κ3) is 5.04. The Labute approximate surface area is 237 Å². The van der Waals surface area contributed by atoms with Crippen molar-refractivity contribution in [3.05, 3.63) is 92.9 Å². The summed E-state index contributed by atoms with van der Waals surface area (Å²) in [6.07, 6.45) is 7.54. The van der Waals surface area contributed by atoms with Crippen LogP contribution in [0.5, 0.6) is 0 Å². The van der Waals surface area contributed by atoms with Gasteiger partial charge in [-0.15, -0.1) is 0 Å². The number of nitrogens with zero attached hydrogens (tertiary/aromatic N) is 5. The fraction of sp³-hybridized carbons (Fsp3) is 0.296. The molecule has 2 aromatic carbocycles. The van der Waals surface area contributed by atoms with Gasteiger partial charge in [-0.1, -0.05) is 31.9 Å². The quantitative estimate of drug-likeness (QED) is 0.268. The van der Waals surface area contributed by atoms with Gasteiger partial charge in [0, 0.05) is 45.8 Å². The average molecular weight is 641 g/mol. The maximum Gasteiger partial charge on any atom is 0.407 e. The molecule has 2 atom stereocenters. The van der Waals surface area contributed by atoms with Crippen molar-refractivity contribution in [2.75, 3.05) is 22.9 Å². The molecule has 2 unspecified atom stereocenters. The summed E-state index contributed by atoms with van der Waals surface area (Å²) < 4.78 is 1.97. The number of aromatic nitrogens is 4. The van der Waals surface area contributed by atoms with Gasteiger partial charge in [0.1, 0.15) is 0 Å². The zero-order valence-electron chi connectivity index (χ0n) is 20.5. The molecule has 2 aromatic heterocycles. The molecule has 0 saturated carbocycles. The van der Waals surface area contributed by atoms with E-state index < -0.39 is 6.09 Å². The van der Waals surface area contributed by atoms with E-state index in [2.05, 4.69) is 85.9 Å². The lowest BCUT2D eigenvalue weighted by Crippen LogP contribution is -2.58. The SMILES string of the molecule is O=C(O)N(C1Cc2cc(Br)ccc2N(Cc2c[nH]cn2)C1)C1Cc2cc(Br)ccc2N(Cc2c[nH]cn2)C1. The standard InChI is InChI=1S/C27H27Br2N7O2/c28-19-1-3-25-17(5-19)7-23(13-34(25)11-21-9-30-15-32-21)36(27(37)38)24-8-18-6-20(29)2-4-26(18)35(14-24)12-22-10-31-16-33-22/h1-6,9-10,15-16,23-24H,7-8,11-14H2,(H,30,32)(H,31,33)(H,37,38). The van der Waals surface area contributed by atoms with Crippen LogP contribution in [0.15, 0.2) is 70.4 Å². The Morgan fingerprint density at radius 2 is 1.34 bits per heavy atom. The van der Waals surface area contributed by atoms with Crippen molar-refractivity contribution in [1.82, 2.24) is 24.8 Å². The molecular weight excluding hydrogens is 614 g/mol. The molecule has 0 saturated heterocycles. The van der Waals surface area contributed by atoms with Gasteiger partial charge in [0.25, 0.3) is 0 Å². The van der Waals surface area contributed by atoms with Gasteiger partial charge >= 0.3 is 6.09 Å². The van der Waals surface area contributed by atoms with Crippen molar-refractivity contribution in [3.8, 4) is 0 Å². The summed E-state index contributed by atoms with van der Waals surface area (Å²) in [4.78, 5) is 34.0. The van der Waals surface area contributed by atoms with Crippen LogP contribution >= 0.6 is 31.9 Å². The summed E-state index contributed by atoms with van der Waals surface area (Å²) in [5.41, 5.74) is 6.34. The minimum atomic E-state index is -0.892. The molecule has 6 rings (SSSR count). The van der Waals surface area contributed by atoms with E-state index in [1.807, 2.05) is 24.5 Å².